The molecule has 1 aliphatic rings. The van der Waals surface area contributed by atoms with Crippen molar-refractivity contribution in [3.63, 3.8) is 0 Å². The van der Waals surface area contributed by atoms with E-state index in [1.807, 2.05) is 18.5 Å². The molecule has 0 aliphatic carbocycles. The topological polar surface area (TPSA) is 168 Å². The molecule has 1 amide bonds. The molecule has 0 bridgehead atoms. The number of aliphatic hydroxyl groups excluding tert-OH is 1. The number of amides is 1. The number of nitrogens with zero attached hydrogens (tertiary/aromatic N) is 1. The van der Waals surface area contributed by atoms with Crippen LogP contribution in [0.2, 0.25) is 0 Å². The van der Waals surface area contributed by atoms with Crippen LogP contribution in [0.25, 0.3) is 11.0 Å². The van der Waals surface area contributed by atoms with E-state index in [2.05, 4.69) is 15.9 Å². The van der Waals surface area contributed by atoms with Crippen LogP contribution in [0.5, 0.6) is 11.5 Å². The first kappa shape index (κ1) is 29.3. The van der Waals surface area contributed by atoms with Gasteiger partial charge in [-0.05, 0) is 32.4 Å². The summed E-state index contributed by atoms with van der Waals surface area (Å²) in [5, 5.41) is 25.5. The van der Waals surface area contributed by atoms with Crippen LogP contribution in [0.4, 0.5) is 4.79 Å². The van der Waals surface area contributed by atoms with E-state index in [0.29, 0.717) is 12.0 Å². The maximum Gasteiger partial charge on any atom is 0.431 e. The Morgan fingerprint density at radius 1 is 1.28 bits per heavy atom. The molecule has 5 atom stereocenters. The number of hydrogen-bond donors (Lipinski definition) is 3. The summed E-state index contributed by atoms with van der Waals surface area (Å²) in [5.74, 6) is 1.92. The van der Waals surface area contributed by atoms with Gasteiger partial charge in [0.1, 0.15) is 47.6 Å². The summed E-state index contributed by atoms with van der Waals surface area (Å²) in [7, 11) is 1.38. The van der Waals surface area contributed by atoms with Gasteiger partial charge in [0.05, 0.1) is 17.2 Å². The van der Waals surface area contributed by atoms with Crippen LogP contribution >= 0.6 is 0 Å². The molecule has 1 saturated heterocycles. The van der Waals surface area contributed by atoms with Crippen LogP contribution < -0.4 is 15.8 Å². The van der Waals surface area contributed by atoms with Crippen LogP contribution in [0.1, 0.15) is 31.4 Å². The number of rotatable bonds is 9. The number of carbonyl (C=O) groups excluding carboxylic acids is 1. The summed E-state index contributed by atoms with van der Waals surface area (Å²) < 4.78 is 28.1. The molecule has 1 aromatic carbocycles. The maximum atomic E-state index is 12.7. The van der Waals surface area contributed by atoms with Gasteiger partial charge in [-0.15, -0.1) is 6.42 Å². The fourth-order valence-electron chi connectivity index (χ4n) is 4.10. The predicted molar refractivity (Wildman–Crippen MR) is 136 cm³/mol. The van der Waals surface area contributed by atoms with Gasteiger partial charge in [0, 0.05) is 12.7 Å². The molecule has 208 valence electrons. The van der Waals surface area contributed by atoms with Crippen molar-refractivity contribution in [2.24, 2.45) is 5.16 Å². The van der Waals surface area contributed by atoms with Gasteiger partial charge in [-0.2, -0.15) is 5.48 Å². The first-order chi connectivity index (χ1) is 18.7. The van der Waals surface area contributed by atoms with Gasteiger partial charge in [0.2, 0.25) is 6.29 Å². The highest BCUT2D eigenvalue weighted by Crippen LogP contribution is 2.36. The van der Waals surface area contributed by atoms with Crippen molar-refractivity contribution < 1.29 is 48.0 Å². The highest BCUT2D eigenvalue weighted by molar-refractivity contribution is 6.04. The summed E-state index contributed by atoms with van der Waals surface area (Å²) in [6, 6.07) is 2.93. The van der Waals surface area contributed by atoms with Gasteiger partial charge in [-0.3, -0.25) is 4.84 Å². The van der Waals surface area contributed by atoms with Gasteiger partial charge in [0.25, 0.3) is 0 Å². The molecule has 3 rings (SSSR count). The molecule has 3 N–H and O–H groups in total. The number of hydroxylamine groups is 1. The van der Waals surface area contributed by atoms with E-state index >= 15 is 0 Å². The molecular formula is C26H28N2O11. The molecule has 1 unspecified atom stereocenters. The molecule has 13 nitrogen and oxygen atoms in total. The summed E-state index contributed by atoms with van der Waals surface area (Å²) in [6.45, 7) is 4.59. The lowest BCUT2D eigenvalue weighted by Crippen LogP contribution is -2.61. The zero-order valence-electron chi connectivity index (χ0n) is 21.6. The van der Waals surface area contributed by atoms with E-state index in [4.69, 9.17) is 41.0 Å². The van der Waals surface area contributed by atoms with Crippen LogP contribution in [0, 0.1) is 31.8 Å². The minimum Gasteiger partial charge on any atom is -0.506 e. The Morgan fingerprint density at radius 3 is 2.67 bits per heavy atom. The van der Waals surface area contributed by atoms with Gasteiger partial charge in [-0.1, -0.05) is 24.4 Å². The Hall–Kier alpha value is -4.27. The third-order valence-electron chi connectivity index (χ3n) is 5.93. The lowest BCUT2D eigenvalue weighted by atomic mass is 9.97. The predicted octanol–water partition coefficient (Wildman–Crippen LogP) is 1.69. The minimum atomic E-state index is -1.37. The number of fused-ring (bicyclic) bond motifs is 1. The Morgan fingerprint density at radius 2 is 2.03 bits per heavy atom. The second-order valence-corrected chi connectivity index (χ2v) is 8.29. The minimum absolute atomic E-state index is 0.00599. The number of nitrogens with one attached hydrogen (secondary N) is 1. The molecule has 2 aromatic rings. The molecule has 0 spiro atoms. The van der Waals surface area contributed by atoms with Crippen LogP contribution in [-0.4, -0.2) is 66.4 Å². The molecule has 1 aliphatic heterocycles. The Labute approximate surface area is 223 Å². The first-order valence-corrected chi connectivity index (χ1v) is 11.7. The number of oxime groups is 1. The SMILES string of the molecule is C#CCONC(=O)O[C@H]1C(Oc2ccc3c(O)c(C(C)=NOC#C)c(=O)oc3c2C)O[C@@H](CC)[C@H](OC)[C@H]1O. The number of terminal acetylenes is 2. The third-order valence-corrected chi connectivity index (χ3v) is 5.93. The number of ether oxygens (including phenoxy) is 4. The molecule has 1 aromatic heterocycles. The Balaban J connectivity index is 1.98. The number of carbonyl (C=O) groups is 1. The Bertz CT molecular complexity index is 1370. The summed E-state index contributed by atoms with van der Waals surface area (Å²) >= 11 is 0. The average molecular weight is 545 g/mol. The second-order valence-electron chi connectivity index (χ2n) is 8.29. The van der Waals surface area contributed by atoms with Crippen LogP contribution in [-0.2, 0) is 23.9 Å². The lowest BCUT2D eigenvalue weighted by molar-refractivity contribution is -0.276. The lowest BCUT2D eigenvalue weighted by Gasteiger charge is -2.42. The van der Waals surface area contributed by atoms with Crippen molar-refractivity contribution in [2.45, 2.75) is 57.9 Å². The van der Waals surface area contributed by atoms with Crippen molar-refractivity contribution in [1.82, 2.24) is 5.48 Å². The third kappa shape index (κ3) is 6.25. The van der Waals surface area contributed by atoms with Crippen LogP contribution in [0.15, 0.2) is 26.5 Å². The quantitative estimate of drug-likeness (QED) is 0.138. The highest BCUT2D eigenvalue weighted by Gasteiger charge is 2.48. The van der Waals surface area contributed by atoms with Crippen molar-refractivity contribution in [1.29, 1.82) is 0 Å². The number of methoxy groups -OCH3 is 1. The average Bonchev–Trinajstić information content (AvgIpc) is 2.91. The fourth-order valence-corrected chi connectivity index (χ4v) is 4.10. The fraction of sp³-hybridized carbons (Fsp3) is 0.423. The number of aryl methyl sites for hydroxylation is 1. The summed E-state index contributed by atoms with van der Waals surface area (Å²) in [5.41, 5.74) is 1.20. The van der Waals surface area contributed by atoms with Gasteiger partial charge in [-0.25, -0.2) is 9.59 Å². The molecule has 0 radical (unpaired) electrons. The molecular weight excluding hydrogens is 516 g/mol. The highest BCUT2D eigenvalue weighted by atomic mass is 16.7. The van der Waals surface area contributed by atoms with Crippen molar-refractivity contribution in [2.75, 3.05) is 13.7 Å². The monoisotopic (exact) mass is 544 g/mol. The molecule has 2 heterocycles. The zero-order chi connectivity index (χ0) is 28.7. The maximum absolute atomic E-state index is 12.7. The largest absolute Gasteiger partial charge is 0.506 e. The van der Waals surface area contributed by atoms with E-state index in [0.717, 1.165) is 0 Å². The second kappa shape index (κ2) is 13.0. The van der Waals surface area contributed by atoms with E-state index in [1.54, 1.807) is 6.92 Å². The van der Waals surface area contributed by atoms with E-state index in [1.165, 1.54) is 26.2 Å². The standard InChI is InChI=1S/C26H28N2O11/c1-7-12-35-28-26(32)39-23-20(30)22(33-6)16(8-2)36-25(23)37-17-11-10-15-19(29)18(14(5)27-34-9-3)24(31)38-21(15)13(17)4/h1,3,10-11,16,20,22-23,25,29-30H,8,12H2,2,4-6H3,(H,28,32)/t16-,20+,22-,23+,25?/m0/s1. The number of benzene rings is 1. The van der Waals surface area contributed by atoms with E-state index in [-0.39, 0.29) is 34.6 Å². The number of aliphatic hydroxyl groups is 1. The summed E-state index contributed by atoms with van der Waals surface area (Å²) in [6.07, 6.45) is 5.81. The first-order valence-electron chi connectivity index (χ1n) is 11.7. The van der Waals surface area contributed by atoms with Crippen molar-refractivity contribution in [3.05, 3.63) is 33.7 Å². The summed E-state index contributed by atoms with van der Waals surface area (Å²) in [4.78, 5) is 34.2. The van der Waals surface area contributed by atoms with Crippen molar-refractivity contribution in [3.8, 4) is 36.4 Å². The molecule has 0 saturated carbocycles. The number of hydrogen-bond acceptors (Lipinski definition) is 12. The van der Waals surface area contributed by atoms with Crippen molar-refractivity contribution >= 4 is 22.8 Å². The normalized spacial score (nSPS) is 22.9. The smallest absolute Gasteiger partial charge is 0.431 e. The molecule has 13 heteroatoms. The van der Waals surface area contributed by atoms with Crippen LogP contribution in [0.3, 0.4) is 0 Å². The van der Waals surface area contributed by atoms with Gasteiger partial charge in [0.15, 0.2) is 6.10 Å². The van der Waals surface area contributed by atoms with E-state index < -0.39 is 48.2 Å². The van der Waals surface area contributed by atoms with E-state index in [9.17, 15) is 19.8 Å². The zero-order valence-corrected chi connectivity index (χ0v) is 21.6. The molecule has 1 fully saturated rings. The van der Waals surface area contributed by atoms with Gasteiger partial charge < -0.3 is 38.4 Å². The Kier molecular flexibility index (Phi) is 9.76. The number of aromatic hydroxyl groups is 1. The van der Waals surface area contributed by atoms with Gasteiger partial charge >= 0.3 is 11.7 Å². The molecule has 39 heavy (non-hydrogen) atoms.